The second-order valence-corrected chi connectivity index (χ2v) is 12.5. The molecule has 0 atom stereocenters. The van der Waals surface area contributed by atoms with Crippen LogP contribution in [0.15, 0.2) is 174 Å². The fraction of sp³-hybridized carbons (Fsp3) is 0. The van der Waals surface area contributed by atoms with Gasteiger partial charge in [-0.1, -0.05) is 140 Å². The Morgan fingerprint density at radius 1 is 0.380 bits per heavy atom. The van der Waals surface area contributed by atoms with Gasteiger partial charge in [-0.3, -0.25) is 0 Å². The van der Waals surface area contributed by atoms with Gasteiger partial charge in [0.05, 0.1) is 16.6 Å². The van der Waals surface area contributed by atoms with E-state index in [1.54, 1.807) is 0 Å². The lowest BCUT2D eigenvalue weighted by atomic mass is 10.0. The van der Waals surface area contributed by atoms with Crippen LogP contribution in [0.2, 0.25) is 0 Å². The van der Waals surface area contributed by atoms with Crippen molar-refractivity contribution in [2.75, 3.05) is 0 Å². The van der Waals surface area contributed by atoms with Gasteiger partial charge in [0.15, 0.2) is 17.5 Å². The van der Waals surface area contributed by atoms with E-state index in [0.29, 0.717) is 17.5 Å². The van der Waals surface area contributed by atoms with E-state index in [1.165, 1.54) is 10.8 Å². The number of hydrogen-bond donors (Lipinski definition) is 0. The number of furan rings is 1. The van der Waals surface area contributed by atoms with Crippen molar-refractivity contribution in [1.82, 2.24) is 19.5 Å². The van der Waals surface area contributed by atoms with Crippen molar-refractivity contribution in [2.24, 2.45) is 0 Å². The summed E-state index contributed by atoms with van der Waals surface area (Å²) in [6.07, 6.45) is 0. The van der Waals surface area contributed by atoms with Gasteiger partial charge in [0.2, 0.25) is 0 Å². The van der Waals surface area contributed by atoms with E-state index < -0.39 is 0 Å². The summed E-state index contributed by atoms with van der Waals surface area (Å²) in [4.78, 5) is 15.3. The zero-order valence-corrected chi connectivity index (χ0v) is 26.9. The maximum atomic E-state index is 6.63. The first kappa shape index (κ1) is 28.2. The van der Waals surface area contributed by atoms with Gasteiger partial charge in [-0.2, -0.15) is 0 Å². The van der Waals surface area contributed by atoms with Gasteiger partial charge in [0.1, 0.15) is 11.2 Å². The SMILES string of the molecule is c1ccc(-c2ccc(-c3nc(-c4ccccc4)nc(-c4cc(-n5c6ccccc6c6ccccc65)cc5c4oc4ccccc45)n3)cc2)cc1. The second kappa shape index (κ2) is 11.4. The Kier molecular flexibility index (Phi) is 6.42. The number of para-hydroxylation sites is 3. The summed E-state index contributed by atoms with van der Waals surface area (Å²) < 4.78 is 8.96. The van der Waals surface area contributed by atoms with Crippen LogP contribution in [0.5, 0.6) is 0 Å². The van der Waals surface area contributed by atoms with E-state index in [-0.39, 0.29) is 0 Å². The Morgan fingerprint density at radius 2 is 0.860 bits per heavy atom. The van der Waals surface area contributed by atoms with Gasteiger partial charge < -0.3 is 8.98 Å². The lowest BCUT2D eigenvalue weighted by Crippen LogP contribution is -2.01. The Balaban J connectivity index is 1.25. The molecule has 0 unspecified atom stereocenters. The topological polar surface area (TPSA) is 56.7 Å². The summed E-state index contributed by atoms with van der Waals surface area (Å²) in [5.74, 6) is 1.75. The molecule has 50 heavy (non-hydrogen) atoms. The second-order valence-electron chi connectivity index (χ2n) is 12.5. The van der Waals surface area contributed by atoms with Crippen LogP contribution in [0.1, 0.15) is 0 Å². The fourth-order valence-corrected chi connectivity index (χ4v) is 7.09. The minimum atomic E-state index is 0.549. The van der Waals surface area contributed by atoms with E-state index in [0.717, 1.165) is 66.5 Å². The molecule has 0 aliphatic carbocycles. The average molecular weight is 641 g/mol. The third-order valence-corrected chi connectivity index (χ3v) is 9.46. The van der Waals surface area contributed by atoms with Crippen LogP contribution < -0.4 is 0 Å². The molecule has 10 rings (SSSR count). The lowest BCUT2D eigenvalue weighted by Gasteiger charge is -2.12. The number of hydrogen-bond acceptors (Lipinski definition) is 4. The summed E-state index contributed by atoms with van der Waals surface area (Å²) in [5.41, 5.74) is 9.75. The number of rotatable bonds is 5. The molecule has 0 radical (unpaired) electrons. The van der Waals surface area contributed by atoms with E-state index in [9.17, 15) is 0 Å². The van der Waals surface area contributed by atoms with Crippen molar-refractivity contribution in [1.29, 1.82) is 0 Å². The largest absolute Gasteiger partial charge is 0.455 e. The van der Waals surface area contributed by atoms with Crippen molar-refractivity contribution in [2.45, 2.75) is 0 Å². The third kappa shape index (κ3) is 4.60. The highest BCUT2D eigenvalue weighted by Crippen LogP contribution is 2.40. The molecule has 0 saturated heterocycles. The van der Waals surface area contributed by atoms with Crippen molar-refractivity contribution >= 4 is 43.7 Å². The molecule has 0 fully saturated rings. The van der Waals surface area contributed by atoms with Crippen LogP contribution in [0.4, 0.5) is 0 Å². The molecule has 0 aliphatic rings. The smallest absolute Gasteiger partial charge is 0.167 e. The molecule has 0 aliphatic heterocycles. The van der Waals surface area contributed by atoms with Crippen LogP contribution >= 0.6 is 0 Å². The number of fused-ring (bicyclic) bond motifs is 6. The maximum Gasteiger partial charge on any atom is 0.167 e. The Bertz CT molecular complexity index is 2800. The first-order valence-electron chi connectivity index (χ1n) is 16.7. The molecule has 10 aromatic rings. The van der Waals surface area contributed by atoms with Gasteiger partial charge in [-0.05, 0) is 41.5 Å². The summed E-state index contributed by atoms with van der Waals surface area (Å²) in [7, 11) is 0. The molecule has 0 bridgehead atoms. The van der Waals surface area contributed by atoms with Gasteiger partial charge in [0.25, 0.3) is 0 Å². The first-order chi connectivity index (χ1) is 24.8. The monoisotopic (exact) mass is 640 g/mol. The molecule has 3 heterocycles. The first-order valence-corrected chi connectivity index (χ1v) is 16.7. The van der Waals surface area contributed by atoms with Crippen LogP contribution in [0.25, 0.3) is 94.7 Å². The number of benzene rings is 7. The maximum absolute atomic E-state index is 6.63. The highest BCUT2D eigenvalue weighted by Gasteiger charge is 2.21. The molecule has 0 amide bonds. The zero-order valence-electron chi connectivity index (χ0n) is 26.9. The molecule has 0 spiro atoms. The van der Waals surface area contributed by atoms with Gasteiger partial charge >= 0.3 is 0 Å². The Morgan fingerprint density at radius 3 is 1.52 bits per heavy atom. The predicted molar refractivity (Wildman–Crippen MR) is 203 cm³/mol. The normalized spacial score (nSPS) is 11.6. The predicted octanol–water partition coefficient (Wildman–Crippen LogP) is 11.5. The molecule has 5 heteroatoms. The molecular formula is C45H28N4O. The summed E-state index contributed by atoms with van der Waals surface area (Å²) in [6, 6.07) is 58.6. The van der Waals surface area contributed by atoms with Gasteiger partial charge in [-0.25, -0.2) is 15.0 Å². The van der Waals surface area contributed by atoms with Crippen LogP contribution in [0.3, 0.4) is 0 Å². The summed E-state index contributed by atoms with van der Waals surface area (Å²) >= 11 is 0. The number of aromatic nitrogens is 4. The molecule has 0 N–H and O–H groups in total. The molecule has 234 valence electrons. The molecule has 3 aromatic heterocycles. The van der Waals surface area contributed by atoms with E-state index in [2.05, 4.69) is 126 Å². The van der Waals surface area contributed by atoms with Gasteiger partial charge in [-0.15, -0.1) is 0 Å². The highest BCUT2D eigenvalue weighted by molar-refractivity contribution is 6.12. The van der Waals surface area contributed by atoms with E-state index in [1.807, 2.05) is 48.5 Å². The van der Waals surface area contributed by atoms with E-state index in [4.69, 9.17) is 19.4 Å². The minimum absolute atomic E-state index is 0.549. The van der Waals surface area contributed by atoms with Crippen LogP contribution in [-0.2, 0) is 0 Å². The quantitative estimate of drug-likeness (QED) is 0.188. The molecule has 5 nitrogen and oxygen atoms in total. The fourth-order valence-electron chi connectivity index (χ4n) is 7.09. The van der Waals surface area contributed by atoms with Crippen molar-refractivity contribution in [3.8, 4) is 51.0 Å². The number of nitrogens with zero attached hydrogens (tertiary/aromatic N) is 4. The standard InChI is InChI=1S/C45H28N4O/c1-3-13-29(14-4-1)30-23-25-32(26-24-30)44-46-43(31-15-5-2-6-16-31)47-45(48-44)38-28-33(27-37-36-19-9-12-22-41(36)50-42(37)38)49-39-20-10-7-17-34(39)35-18-8-11-21-40(35)49/h1-28H. The summed E-state index contributed by atoms with van der Waals surface area (Å²) in [5, 5.41) is 4.45. The van der Waals surface area contributed by atoms with Gasteiger partial charge in [0, 0.05) is 38.4 Å². The Labute approximate surface area is 287 Å². The minimum Gasteiger partial charge on any atom is -0.455 e. The van der Waals surface area contributed by atoms with E-state index >= 15 is 0 Å². The summed E-state index contributed by atoms with van der Waals surface area (Å²) in [6.45, 7) is 0. The zero-order chi connectivity index (χ0) is 33.0. The molecular weight excluding hydrogens is 613 g/mol. The highest BCUT2D eigenvalue weighted by atomic mass is 16.3. The van der Waals surface area contributed by atoms with Crippen LogP contribution in [-0.4, -0.2) is 19.5 Å². The average Bonchev–Trinajstić information content (AvgIpc) is 3.74. The van der Waals surface area contributed by atoms with Crippen molar-refractivity contribution < 1.29 is 4.42 Å². The van der Waals surface area contributed by atoms with Crippen molar-refractivity contribution in [3.63, 3.8) is 0 Å². The Hall–Kier alpha value is -6.85. The molecule has 0 saturated carbocycles. The lowest BCUT2D eigenvalue weighted by molar-refractivity contribution is 0.669. The molecule has 7 aromatic carbocycles. The van der Waals surface area contributed by atoms with Crippen molar-refractivity contribution in [3.05, 3.63) is 170 Å². The third-order valence-electron chi connectivity index (χ3n) is 9.46. The van der Waals surface area contributed by atoms with Crippen LogP contribution in [0, 0.1) is 0 Å².